The van der Waals surface area contributed by atoms with E-state index in [-0.39, 0.29) is 11.7 Å². The molecular formula is C27H30ClN5O3. The number of Topliss-reactive ketones (excluding diaryl/α,β-unsaturated/α-hetero) is 1. The summed E-state index contributed by atoms with van der Waals surface area (Å²) in [5.41, 5.74) is 1.16. The van der Waals surface area contributed by atoms with Crippen LogP contribution in [-0.4, -0.2) is 47.7 Å². The molecule has 3 aromatic rings. The zero-order valence-electron chi connectivity index (χ0n) is 20.4. The van der Waals surface area contributed by atoms with Crippen LogP contribution in [0.25, 0.3) is 11.2 Å². The molecule has 0 radical (unpaired) electrons. The van der Waals surface area contributed by atoms with E-state index in [4.69, 9.17) is 11.6 Å². The highest BCUT2D eigenvalue weighted by Crippen LogP contribution is 2.68. The first-order chi connectivity index (χ1) is 17.4. The van der Waals surface area contributed by atoms with Gasteiger partial charge in [-0.15, -0.1) is 0 Å². The SMILES string of the molecule is CCCCC#Cc1nc(NCc2cccc(Cl)c2)c2ncn([C@@H]3[C@H]4C[C@@]4(C(=O)CC)C(O)[C@@H]3O)c2n1. The van der Waals surface area contributed by atoms with E-state index in [2.05, 4.69) is 39.0 Å². The van der Waals surface area contributed by atoms with Gasteiger partial charge in [0.1, 0.15) is 11.9 Å². The lowest BCUT2D eigenvalue weighted by Crippen LogP contribution is -2.37. The molecule has 1 aromatic carbocycles. The molecule has 5 rings (SSSR count). The zero-order valence-corrected chi connectivity index (χ0v) is 21.2. The average molecular weight is 508 g/mol. The maximum absolute atomic E-state index is 12.7. The van der Waals surface area contributed by atoms with E-state index in [9.17, 15) is 15.0 Å². The fourth-order valence-electron chi connectivity index (χ4n) is 5.53. The van der Waals surface area contributed by atoms with Gasteiger partial charge in [-0.05, 0) is 42.4 Å². The predicted octanol–water partition coefficient (Wildman–Crippen LogP) is 3.90. The van der Waals surface area contributed by atoms with Crippen molar-refractivity contribution in [2.45, 2.75) is 70.7 Å². The first-order valence-electron chi connectivity index (χ1n) is 12.5. The molecule has 2 aliphatic carbocycles. The predicted molar refractivity (Wildman–Crippen MR) is 137 cm³/mol. The second-order valence-electron chi connectivity index (χ2n) is 9.66. The van der Waals surface area contributed by atoms with Crippen LogP contribution in [0.2, 0.25) is 5.02 Å². The first-order valence-corrected chi connectivity index (χ1v) is 12.9. The van der Waals surface area contributed by atoms with E-state index in [0.717, 1.165) is 24.8 Å². The van der Waals surface area contributed by atoms with Crippen LogP contribution in [0, 0.1) is 23.2 Å². The zero-order chi connectivity index (χ0) is 25.4. The van der Waals surface area contributed by atoms with Crippen molar-refractivity contribution in [3.05, 3.63) is 47.0 Å². The number of ketones is 1. The number of aliphatic hydroxyl groups is 2. The molecule has 2 fully saturated rings. The van der Waals surface area contributed by atoms with Gasteiger partial charge in [-0.3, -0.25) is 4.79 Å². The summed E-state index contributed by atoms with van der Waals surface area (Å²) in [5.74, 6) is 6.91. The summed E-state index contributed by atoms with van der Waals surface area (Å²) in [4.78, 5) is 26.6. The highest BCUT2D eigenvalue weighted by atomic mass is 35.5. The molecule has 9 heteroatoms. The lowest BCUT2D eigenvalue weighted by molar-refractivity contribution is -0.130. The molecule has 3 N–H and O–H groups in total. The molecule has 2 saturated carbocycles. The van der Waals surface area contributed by atoms with Crippen molar-refractivity contribution in [1.82, 2.24) is 19.5 Å². The molecule has 0 spiro atoms. The van der Waals surface area contributed by atoms with Crippen molar-refractivity contribution >= 4 is 34.4 Å². The number of aliphatic hydroxyl groups excluding tert-OH is 2. The number of unbranched alkanes of at least 4 members (excludes halogenated alkanes) is 2. The van der Waals surface area contributed by atoms with Gasteiger partial charge in [0.15, 0.2) is 17.0 Å². The Morgan fingerprint density at radius 2 is 2.14 bits per heavy atom. The van der Waals surface area contributed by atoms with Gasteiger partial charge in [0.05, 0.1) is 23.9 Å². The number of hydrogen-bond donors (Lipinski definition) is 3. The third kappa shape index (κ3) is 4.15. The van der Waals surface area contributed by atoms with Gasteiger partial charge in [-0.2, -0.15) is 0 Å². The number of imidazole rings is 1. The fraction of sp³-hybridized carbons (Fsp3) is 0.481. The second-order valence-corrected chi connectivity index (χ2v) is 10.1. The van der Waals surface area contributed by atoms with Crippen LogP contribution in [0.1, 0.15) is 63.4 Å². The minimum absolute atomic E-state index is 0.00745. The Balaban J connectivity index is 1.53. The Morgan fingerprint density at radius 1 is 1.31 bits per heavy atom. The number of anilines is 1. The third-order valence-electron chi connectivity index (χ3n) is 7.46. The third-order valence-corrected chi connectivity index (χ3v) is 7.70. The van der Waals surface area contributed by atoms with Crippen LogP contribution in [0.3, 0.4) is 0 Å². The van der Waals surface area contributed by atoms with Crippen molar-refractivity contribution in [2.75, 3.05) is 5.32 Å². The summed E-state index contributed by atoms with van der Waals surface area (Å²) in [6.45, 7) is 4.38. The number of carbonyl (C=O) groups is 1. The van der Waals surface area contributed by atoms with Gasteiger partial charge in [-0.25, -0.2) is 15.0 Å². The number of nitrogens with zero attached hydrogens (tertiary/aromatic N) is 4. The molecular weight excluding hydrogens is 478 g/mol. The molecule has 0 bridgehead atoms. The van der Waals surface area contributed by atoms with Gasteiger partial charge in [-0.1, -0.05) is 49.9 Å². The van der Waals surface area contributed by atoms with Crippen molar-refractivity contribution in [1.29, 1.82) is 0 Å². The average Bonchev–Trinajstić information content (AvgIpc) is 3.41. The number of hydrogen-bond acceptors (Lipinski definition) is 7. The fourth-order valence-corrected chi connectivity index (χ4v) is 5.74. The maximum Gasteiger partial charge on any atom is 0.208 e. The molecule has 1 unspecified atom stereocenters. The topological polar surface area (TPSA) is 113 Å². The molecule has 0 amide bonds. The number of carbonyl (C=O) groups excluding carboxylic acids is 1. The molecule has 188 valence electrons. The minimum Gasteiger partial charge on any atom is -0.389 e. The van der Waals surface area contributed by atoms with Gasteiger partial charge in [0.2, 0.25) is 5.82 Å². The van der Waals surface area contributed by atoms with Crippen molar-refractivity contribution in [3.63, 3.8) is 0 Å². The Kier molecular flexibility index (Phi) is 6.73. The second kappa shape index (κ2) is 9.81. The number of rotatable bonds is 8. The number of aromatic nitrogens is 4. The molecule has 2 aromatic heterocycles. The highest BCUT2D eigenvalue weighted by molar-refractivity contribution is 6.30. The smallest absolute Gasteiger partial charge is 0.208 e. The van der Waals surface area contributed by atoms with E-state index >= 15 is 0 Å². The lowest BCUT2D eigenvalue weighted by atomic mass is 9.92. The Labute approximate surface area is 215 Å². The Bertz CT molecular complexity index is 1360. The number of fused-ring (bicyclic) bond motifs is 2. The van der Waals surface area contributed by atoms with Crippen molar-refractivity contribution < 1.29 is 15.0 Å². The summed E-state index contributed by atoms with van der Waals surface area (Å²) in [5, 5.41) is 25.8. The molecule has 0 saturated heterocycles. The lowest BCUT2D eigenvalue weighted by Gasteiger charge is -2.23. The number of halogens is 1. The molecule has 0 aliphatic heterocycles. The summed E-state index contributed by atoms with van der Waals surface area (Å²) in [7, 11) is 0. The van der Waals surface area contributed by atoms with Crippen molar-refractivity contribution in [3.8, 4) is 11.8 Å². The van der Waals surface area contributed by atoms with Crippen LogP contribution >= 0.6 is 11.6 Å². The normalized spacial score (nSPS) is 26.4. The quantitative estimate of drug-likeness (QED) is 0.313. The standard InChI is InChI=1S/C27H30ClN5O3/c1-3-5-6-7-11-20-31-25(29-14-16-9-8-10-17(28)12-16)21-26(32-20)33(15-30-21)22-18-13-27(18,19(34)4-2)24(36)23(22)35/h8-10,12,15,18,22-24,35-36H,3-6,13-14H2,1-2H3,(H,29,31,32)/t18-,22-,23-,24?,27-/m1/s1. The Morgan fingerprint density at radius 3 is 2.89 bits per heavy atom. The molecule has 2 heterocycles. The largest absolute Gasteiger partial charge is 0.389 e. The summed E-state index contributed by atoms with van der Waals surface area (Å²) in [6, 6.07) is 7.06. The van der Waals surface area contributed by atoms with Gasteiger partial charge < -0.3 is 20.1 Å². The molecule has 2 aliphatic rings. The van der Waals surface area contributed by atoms with Gasteiger partial charge in [0, 0.05) is 24.4 Å². The highest BCUT2D eigenvalue weighted by Gasteiger charge is 2.74. The summed E-state index contributed by atoms with van der Waals surface area (Å²) < 4.78 is 1.79. The van der Waals surface area contributed by atoms with Crippen molar-refractivity contribution in [2.24, 2.45) is 11.3 Å². The van der Waals surface area contributed by atoms with E-state index in [1.807, 2.05) is 24.3 Å². The van der Waals surface area contributed by atoms with Crippen LogP contribution in [-0.2, 0) is 11.3 Å². The molecule has 5 atom stereocenters. The van der Waals surface area contributed by atoms with E-state index in [1.165, 1.54) is 0 Å². The minimum atomic E-state index is -1.10. The number of nitrogens with one attached hydrogen (secondary N) is 1. The van der Waals surface area contributed by atoms with E-state index in [1.54, 1.807) is 17.8 Å². The van der Waals surface area contributed by atoms with E-state index < -0.39 is 23.7 Å². The van der Waals surface area contributed by atoms with Crippen LogP contribution < -0.4 is 5.32 Å². The van der Waals surface area contributed by atoms with Crippen LogP contribution in [0.4, 0.5) is 5.82 Å². The van der Waals surface area contributed by atoms with Crippen LogP contribution in [0.15, 0.2) is 30.6 Å². The van der Waals surface area contributed by atoms with Gasteiger partial charge >= 0.3 is 0 Å². The van der Waals surface area contributed by atoms with Crippen LogP contribution in [0.5, 0.6) is 0 Å². The maximum atomic E-state index is 12.7. The van der Waals surface area contributed by atoms with Gasteiger partial charge in [0.25, 0.3) is 0 Å². The van der Waals surface area contributed by atoms with E-state index in [0.29, 0.717) is 47.2 Å². The molecule has 36 heavy (non-hydrogen) atoms. The summed E-state index contributed by atoms with van der Waals surface area (Å²) >= 11 is 6.14. The first kappa shape index (κ1) is 24.7. The Hall–Kier alpha value is -2.99. The number of benzene rings is 1. The molecule has 8 nitrogen and oxygen atoms in total. The summed E-state index contributed by atoms with van der Waals surface area (Å²) in [6.07, 6.45) is 3.10. The monoisotopic (exact) mass is 507 g/mol.